The van der Waals surface area contributed by atoms with Gasteiger partial charge in [0.1, 0.15) is 0 Å². The second-order valence-corrected chi connectivity index (χ2v) is 9.12. The van der Waals surface area contributed by atoms with E-state index in [2.05, 4.69) is 6.58 Å². The number of rotatable bonds is 2. The lowest BCUT2D eigenvalue weighted by Crippen LogP contribution is -2.00. The molecule has 1 saturated carbocycles. The van der Waals surface area contributed by atoms with Gasteiger partial charge in [0.25, 0.3) is 0 Å². The second kappa shape index (κ2) is 14.6. The largest absolute Gasteiger partial charge is 0.494 e. The van der Waals surface area contributed by atoms with Gasteiger partial charge in [0.2, 0.25) is 5.88 Å². The van der Waals surface area contributed by atoms with Crippen LogP contribution in [0.2, 0.25) is 0 Å². The van der Waals surface area contributed by atoms with E-state index in [1.807, 2.05) is 0 Å². The molecule has 166 valence electrons. The quantitative estimate of drug-likeness (QED) is 0.520. The Morgan fingerprint density at radius 3 is 1.31 bits per heavy atom. The van der Waals surface area contributed by atoms with Crippen molar-refractivity contribution in [3.05, 3.63) is 18.2 Å². The number of aromatic hydroxyl groups is 2. The monoisotopic (exact) mass is 403 g/mol. The van der Waals surface area contributed by atoms with Gasteiger partial charge in [-0.3, -0.25) is 4.57 Å². The molecule has 3 heteroatoms. The third-order valence-corrected chi connectivity index (χ3v) is 6.75. The van der Waals surface area contributed by atoms with Crippen LogP contribution in [0, 0.1) is 0 Å². The molecule has 0 bridgehead atoms. The molecule has 0 atom stereocenters. The van der Waals surface area contributed by atoms with Crippen LogP contribution in [0.4, 0.5) is 0 Å². The summed E-state index contributed by atoms with van der Waals surface area (Å²) in [4.78, 5) is 0. The molecular formula is C26H45NO2. The Bertz CT molecular complexity index is 543. The zero-order chi connectivity index (χ0) is 20.7. The molecule has 0 aliphatic heterocycles. The first-order valence-electron chi connectivity index (χ1n) is 12.5. The molecular weight excluding hydrogens is 358 g/mol. The summed E-state index contributed by atoms with van der Waals surface area (Å²) >= 11 is 0. The van der Waals surface area contributed by atoms with E-state index in [4.69, 9.17) is 0 Å². The van der Waals surface area contributed by atoms with E-state index in [0.717, 1.165) is 18.4 Å². The third kappa shape index (κ3) is 8.88. The number of nitrogens with zero attached hydrogens (tertiary/aromatic N) is 1. The summed E-state index contributed by atoms with van der Waals surface area (Å²) in [6.07, 6.45) is 26.8. The van der Waals surface area contributed by atoms with Gasteiger partial charge in [-0.25, -0.2) is 0 Å². The van der Waals surface area contributed by atoms with Gasteiger partial charge in [0.05, 0.1) is 0 Å². The lowest BCUT2D eigenvalue weighted by Gasteiger charge is -2.17. The van der Waals surface area contributed by atoms with Crippen molar-refractivity contribution in [2.45, 2.75) is 128 Å². The minimum Gasteiger partial charge on any atom is -0.494 e. The zero-order valence-corrected chi connectivity index (χ0v) is 18.7. The molecule has 1 aliphatic rings. The van der Waals surface area contributed by atoms with E-state index in [1.54, 1.807) is 6.07 Å². The summed E-state index contributed by atoms with van der Waals surface area (Å²) in [6.45, 7) is 3.70. The summed E-state index contributed by atoms with van der Waals surface area (Å²) < 4.78 is 1.40. The summed E-state index contributed by atoms with van der Waals surface area (Å²) in [5, 5.41) is 20.6. The summed E-state index contributed by atoms with van der Waals surface area (Å²) in [7, 11) is 0. The van der Waals surface area contributed by atoms with E-state index in [-0.39, 0.29) is 11.8 Å². The Balaban J connectivity index is 1.88. The molecule has 1 aromatic heterocycles. The number of hydrogen-bond donors (Lipinski definition) is 2. The minimum atomic E-state index is 0.0962. The van der Waals surface area contributed by atoms with Crippen molar-refractivity contribution in [3.63, 3.8) is 0 Å². The molecule has 1 fully saturated rings. The molecule has 1 heterocycles. The predicted molar refractivity (Wildman–Crippen MR) is 125 cm³/mol. The van der Waals surface area contributed by atoms with Crippen LogP contribution in [0.15, 0.2) is 12.6 Å². The van der Waals surface area contributed by atoms with E-state index in [1.165, 1.54) is 120 Å². The lowest BCUT2D eigenvalue weighted by atomic mass is 9.89. The first kappa shape index (κ1) is 23.9. The highest BCUT2D eigenvalue weighted by Crippen LogP contribution is 2.38. The lowest BCUT2D eigenvalue weighted by molar-refractivity contribution is 0.399. The van der Waals surface area contributed by atoms with Crippen LogP contribution in [0.25, 0.3) is 6.20 Å². The molecule has 1 aromatic rings. The first-order chi connectivity index (χ1) is 14.2. The van der Waals surface area contributed by atoms with Crippen molar-refractivity contribution in [1.82, 2.24) is 4.57 Å². The predicted octanol–water partition coefficient (Wildman–Crippen LogP) is 8.51. The molecule has 29 heavy (non-hydrogen) atoms. The van der Waals surface area contributed by atoms with Crippen molar-refractivity contribution in [1.29, 1.82) is 0 Å². The highest BCUT2D eigenvalue weighted by atomic mass is 16.3. The summed E-state index contributed by atoms with van der Waals surface area (Å²) in [5.74, 6) is 0.614. The topological polar surface area (TPSA) is 45.4 Å². The summed E-state index contributed by atoms with van der Waals surface area (Å²) in [5.41, 5.74) is 0.907. The number of aromatic nitrogens is 1. The molecule has 2 rings (SSSR count). The van der Waals surface area contributed by atoms with E-state index >= 15 is 0 Å². The van der Waals surface area contributed by atoms with Gasteiger partial charge in [-0.1, -0.05) is 116 Å². The molecule has 0 amide bonds. The highest BCUT2D eigenvalue weighted by Gasteiger charge is 2.20. The molecule has 0 aromatic carbocycles. The average molecular weight is 404 g/mol. The SMILES string of the molecule is C=Cn1c(O)cc(C2CCCCCCCCCCCCCCCCCCC2)c1O. The van der Waals surface area contributed by atoms with E-state index < -0.39 is 0 Å². The van der Waals surface area contributed by atoms with Crippen molar-refractivity contribution < 1.29 is 10.2 Å². The smallest absolute Gasteiger partial charge is 0.201 e. The average Bonchev–Trinajstić information content (AvgIpc) is 3.00. The van der Waals surface area contributed by atoms with E-state index in [9.17, 15) is 10.2 Å². The third-order valence-electron chi connectivity index (χ3n) is 6.75. The Hall–Kier alpha value is -1.38. The van der Waals surface area contributed by atoms with Gasteiger partial charge >= 0.3 is 0 Å². The van der Waals surface area contributed by atoms with Crippen LogP contribution in [0.3, 0.4) is 0 Å². The van der Waals surface area contributed by atoms with Crippen LogP contribution < -0.4 is 0 Å². The van der Waals surface area contributed by atoms with Gasteiger partial charge in [-0.15, -0.1) is 0 Å². The van der Waals surface area contributed by atoms with E-state index in [0.29, 0.717) is 5.92 Å². The van der Waals surface area contributed by atoms with Gasteiger partial charge in [0.15, 0.2) is 5.88 Å². The van der Waals surface area contributed by atoms with Crippen molar-refractivity contribution in [3.8, 4) is 11.8 Å². The maximum Gasteiger partial charge on any atom is 0.201 e. The first-order valence-corrected chi connectivity index (χ1v) is 12.5. The van der Waals surface area contributed by atoms with Crippen LogP contribution >= 0.6 is 0 Å². The van der Waals surface area contributed by atoms with Gasteiger partial charge in [-0.05, 0) is 18.8 Å². The van der Waals surface area contributed by atoms with Crippen molar-refractivity contribution in [2.24, 2.45) is 0 Å². The molecule has 0 spiro atoms. The molecule has 0 unspecified atom stereocenters. The van der Waals surface area contributed by atoms with Gasteiger partial charge in [0, 0.05) is 17.8 Å². The maximum absolute atomic E-state index is 10.5. The van der Waals surface area contributed by atoms with Crippen LogP contribution in [-0.2, 0) is 0 Å². The highest BCUT2D eigenvalue weighted by molar-refractivity contribution is 5.45. The van der Waals surface area contributed by atoms with Gasteiger partial charge < -0.3 is 10.2 Å². The molecule has 2 N–H and O–H groups in total. The molecule has 1 aliphatic carbocycles. The Labute approximate surface area is 179 Å². The maximum atomic E-state index is 10.5. The fourth-order valence-electron chi connectivity index (χ4n) is 4.89. The van der Waals surface area contributed by atoms with Crippen LogP contribution in [-0.4, -0.2) is 14.8 Å². The van der Waals surface area contributed by atoms with Crippen molar-refractivity contribution in [2.75, 3.05) is 0 Å². The second-order valence-electron chi connectivity index (χ2n) is 9.12. The molecule has 0 radical (unpaired) electrons. The standard InChI is InChI=1S/C26H45NO2/c1-2-27-25(28)22-24(26(27)29)23-20-18-16-14-12-10-8-6-4-3-5-7-9-11-13-15-17-19-21-23/h2,22-23,28-29H,1,3-21H2. The molecule has 3 nitrogen and oxygen atoms in total. The Morgan fingerprint density at radius 2 is 1.00 bits per heavy atom. The fraction of sp³-hybridized carbons (Fsp3) is 0.769. The fourth-order valence-corrected chi connectivity index (χ4v) is 4.89. The normalized spacial score (nSPS) is 20.8. The van der Waals surface area contributed by atoms with Gasteiger partial charge in [-0.2, -0.15) is 0 Å². The Morgan fingerprint density at radius 1 is 0.655 bits per heavy atom. The molecule has 0 saturated heterocycles. The summed E-state index contributed by atoms with van der Waals surface area (Å²) in [6, 6.07) is 1.75. The van der Waals surface area contributed by atoms with Crippen LogP contribution in [0.5, 0.6) is 11.8 Å². The van der Waals surface area contributed by atoms with Crippen LogP contribution in [0.1, 0.15) is 133 Å². The minimum absolute atomic E-state index is 0.0962. The van der Waals surface area contributed by atoms with Crippen molar-refractivity contribution >= 4 is 6.20 Å². The number of hydrogen-bond acceptors (Lipinski definition) is 2. The Kier molecular flexibility index (Phi) is 12.0. The zero-order valence-electron chi connectivity index (χ0n) is 18.7.